The Morgan fingerprint density at radius 2 is 1.94 bits per heavy atom. The van der Waals surface area contributed by atoms with Gasteiger partial charge in [-0.3, -0.25) is 14.9 Å². The summed E-state index contributed by atoms with van der Waals surface area (Å²) in [6.45, 7) is 1.75. The smallest absolute Gasteiger partial charge is 0.379 e. The fraction of sp³-hybridized carbons (Fsp3) is 0.136. The molecule has 0 unspecified atom stereocenters. The zero-order valence-electron chi connectivity index (χ0n) is 17.7. The molecule has 0 aliphatic heterocycles. The zero-order valence-corrected chi connectivity index (χ0v) is 19.3. The van der Waals surface area contributed by atoms with E-state index in [-0.39, 0.29) is 29.6 Å². The molecule has 34 heavy (non-hydrogen) atoms. The maximum absolute atomic E-state index is 12.1. The molecule has 1 aromatic heterocycles. The molecule has 11 nitrogen and oxygen atoms in total. The van der Waals surface area contributed by atoms with E-state index < -0.39 is 16.8 Å². The first-order chi connectivity index (χ1) is 16.4. The van der Waals surface area contributed by atoms with Crippen molar-refractivity contribution in [2.75, 3.05) is 13.2 Å². The fourth-order valence-corrected chi connectivity index (χ4v) is 3.06. The molecular weight excluding hydrogens is 514 g/mol. The minimum Gasteiger partial charge on any atom is -0.490 e. The van der Waals surface area contributed by atoms with Crippen molar-refractivity contribution in [3.05, 3.63) is 80.7 Å². The molecule has 0 saturated heterocycles. The van der Waals surface area contributed by atoms with Crippen LogP contribution in [0.2, 0.25) is 0 Å². The van der Waals surface area contributed by atoms with Gasteiger partial charge in [0.25, 0.3) is 11.6 Å². The number of amides is 1. The molecule has 0 saturated carbocycles. The highest BCUT2D eigenvalue weighted by Gasteiger charge is 2.15. The van der Waals surface area contributed by atoms with Crippen LogP contribution in [0.3, 0.4) is 0 Å². The summed E-state index contributed by atoms with van der Waals surface area (Å²) in [6, 6.07) is 11.7. The lowest BCUT2D eigenvalue weighted by Crippen LogP contribution is -2.24. The van der Waals surface area contributed by atoms with Gasteiger partial charge in [0.05, 0.1) is 28.5 Å². The summed E-state index contributed by atoms with van der Waals surface area (Å²) < 4.78 is 21.5. The van der Waals surface area contributed by atoms with Crippen LogP contribution in [-0.4, -0.2) is 36.2 Å². The number of carbonyl (C=O) groups excluding carboxylic acids is 2. The molecule has 1 N–H and O–H groups in total. The lowest BCUT2D eigenvalue weighted by molar-refractivity contribution is -0.385. The number of furan rings is 1. The van der Waals surface area contributed by atoms with E-state index in [1.807, 2.05) is 0 Å². The van der Waals surface area contributed by atoms with E-state index in [1.165, 1.54) is 42.8 Å². The highest BCUT2D eigenvalue weighted by molar-refractivity contribution is 9.10. The van der Waals surface area contributed by atoms with Gasteiger partial charge in [0.2, 0.25) is 5.76 Å². The van der Waals surface area contributed by atoms with Crippen LogP contribution in [0.15, 0.2) is 68.8 Å². The third-order valence-electron chi connectivity index (χ3n) is 4.08. The average molecular weight is 532 g/mol. The minimum atomic E-state index is -0.667. The number of benzene rings is 2. The third-order valence-corrected chi connectivity index (χ3v) is 4.70. The van der Waals surface area contributed by atoms with E-state index in [0.29, 0.717) is 22.4 Å². The highest BCUT2D eigenvalue weighted by atomic mass is 79.9. The van der Waals surface area contributed by atoms with Gasteiger partial charge in [0.1, 0.15) is 5.75 Å². The molecule has 0 fully saturated rings. The highest BCUT2D eigenvalue weighted by Crippen LogP contribution is 2.30. The number of ether oxygens (including phenoxy) is 3. The summed E-state index contributed by atoms with van der Waals surface area (Å²) in [4.78, 5) is 34.3. The van der Waals surface area contributed by atoms with Gasteiger partial charge in [0.15, 0.2) is 18.1 Å². The van der Waals surface area contributed by atoms with Crippen molar-refractivity contribution in [2.24, 2.45) is 5.10 Å². The summed E-state index contributed by atoms with van der Waals surface area (Å²) in [5, 5.41) is 14.6. The number of nitro benzene ring substituents is 1. The number of rotatable bonds is 10. The van der Waals surface area contributed by atoms with E-state index in [1.54, 1.807) is 25.1 Å². The van der Waals surface area contributed by atoms with Crippen molar-refractivity contribution in [3.63, 3.8) is 0 Å². The van der Waals surface area contributed by atoms with E-state index >= 15 is 0 Å². The Bertz CT molecular complexity index is 1210. The monoisotopic (exact) mass is 531 g/mol. The molecule has 0 aliphatic rings. The number of halogens is 1. The van der Waals surface area contributed by atoms with Crippen molar-refractivity contribution in [3.8, 4) is 17.2 Å². The van der Waals surface area contributed by atoms with Crippen molar-refractivity contribution >= 4 is 39.7 Å². The Hall–Kier alpha value is -4.19. The van der Waals surface area contributed by atoms with E-state index in [0.717, 1.165) is 0 Å². The van der Waals surface area contributed by atoms with Gasteiger partial charge >= 0.3 is 5.97 Å². The Balaban J connectivity index is 1.57. The molecule has 12 heteroatoms. The van der Waals surface area contributed by atoms with Crippen molar-refractivity contribution in [1.29, 1.82) is 0 Å². The zero-order chi connectivity index (χ0) is 24.5. The van der Waals surface area contributed by atoms with Gasteiger partial charge in [-0.05, 0) is 64.8 Å². The van der Waals surface area contributed by atoms with Crippen LogP contribution in [-0.2, 0) is 4.79 Å². The largest absolute Gasteiger partial charge is 0.490 e. The SMILES string of the molecule is CCOc1cc(/C=N\NC(=O)COc2ccc([N+](=O)[O-])cc2Br)ccc1OC(=O)c1ccco1. The molecule has 3 aromatic rings. The van der Waals surface area contributed by atoms with E-state index in [4.69, 9.17) is 18.6 Å². The first-order valence-corrected chi connectivity index (χ1v) is 10.6. The number of non-ortho nitro benzene ring substituents is 1. The number of hydrazone groups is 1. The lowest BCUT2D eigenvalue weighted by Gasteiger charge is -2.10. The molecule has 2 aromatic carbocycles. The molecule has 176 valence electrons. The van der Waals surface area contributed by atoms with Crippen LogP contribution in [0, 0.1) is 10.1 Å². The molecule has 0 aliphatic carbocycles. The minimum absolute atomic E-state index is 0.0544. The number of carbonyl (C=O) groups is 2. The third kappa shape index (κ3) is 6.65. The molecule has 0 bridgehead atoms. The second-order valence-electron chi connectivity index (χ2n) is 6.46. The Morgan fingerprint density at radius 1 is 1.15 bits per heavy atom. The van der Waals surface area contributed by atoms with Gasteiger partial charge in [-0.1, -0.05) is 0 Å². The number of nitrogens with zero attached hydrogens (tertiary/aromatic N) is 2. The lowest BCUT2D eigenvalue weighted by atomic mass is 10.2. The van der Waals surface area contributed by atoms with Crippen LogP contribution in [0.5, 0.6) is 17.2 Å². The van der Waals surface area contributed by atoms with Crippen LogP contribution in [0.1, 0.15) is 23.0 Å². The first kappa shape index (κ1) is 24.5. The topological polar surface area (TPSA) is 142 Å². The van der Waals surface area contributed by atoms with Crippen molar-refractivity contribution in [2.45, 2.75) is 6.92 Å². The molecule has 1 amide bonds. The average Bonchev–Trinajstić information content (AvgIpc) is 3.35. The molecule has 1 heterocycles. The summed E-state index contributed by atoms with van der Waals surface area (Å²) in [7, 11) is 0. The normalized spacial score (nSPS) is 10.6. The van der Waals surface area contributed by atoms with Gasteiger partial charge in [-0.2, -0.15) is 5.10 Å². The van der Waals surface area contributed by atoms with Crippen molar-refractivity contribution in [1.82, 2.24) is 5.43 Å². The summed E-state index contributed by atoms with van der Waals surface area (Å²) >= 11 is 3.16. The second kappa shape index (κ2) is 11.6. The molecular formula is C22H18BrN3O8. The summed E-state index contributed by atoms with van der Waals surface area (Å²) in [5.41, 5.74) is 2.77. The maximum Gasteiger partial charge on any atom is 0.379 e. The van der Waals surface area contributed by atoms with E-state index in [2.05, 4.69) is 26.5 Å². The van der Waals surface area contributed by atoms with Gasteiger partial charge < -0.3 is 18.6 Å². The predicted octanol–water partition coefficient (Wildman–Crippen LogP) is 4.10. The van der Waals surface area contributed by atoms with Gasteiger partial charge in [-0.15, -0.1) is 0 Å². The Kier molecular flexibility index (Phi) is 8.35. The molecule has 0 atom stereocenters. The summed E-state index contributed by atoms with van der Waals surface area (Å²) in [5.74, 6) is -0.380. The molecule has 0 spiro atoms. The first-order valence-electron chi connectivity index (χ1n) is 9.78. The standard InChI is InChI=1S/C22H18BrN3O8/c1-2-31-20-10-14(5-7-18(20)34-22(28)19-4-3-9-32-19)12-24-25-21(27)13-33-17-8-6-15(26(29)30)11-16(17)23/h3-12H,2,13H2,1H3,(H,25,27)/b24-12-. The van der Waals surface area contributed by atoms with Crippen LogP contribution >= 0.6 is 15.9 Å². The van der Waals surface area contributed by atoms with Crippen molar-refractivity contribution < 1.29 is 33.1 Å². The number of nitro groups is 1. The van der Waals surface area contributed by atoms with Gasteiger partial charge in [0, 0.05) is 12.1 Å². The number of hydrogen-bond donors (Lipinski definition) is 1. The van der Waals surface area contributed by atoms with Crippen LogP contribution < -0.4 is 19.6 Å². The number of nitrogens with one attached hydrogen (secondary N) is 1. The van der Waals surface area contributed by atoms with Gasteiger partial charge in [-0.25, -0.2) is 10.2 Å². The summed E-state index contributed by atoms with van der Waals surface area (Å²) in [6.07, 6.45) is 2.74. The molecule has 0 radical (unpaired) electrons. The number of esters is 1. The van der Waals surface area contributed by atoms with Crippen LogP contribution in [0.4, 0.5) is 5.69 Å². The Morgan fingerprint density at radius 3 is 2.62 bits per heavy atom. The van der Waals surface area contributed by atoms with Crippen LogP contribution in [0.25, 0.3) is 0 Å². The molecule has 3 rings (SSSR count). The maximum atomic E-state index is 12.1. The predicted molar refractivity (Wildman–Crippen MR) is 123 cm³/mol. The number of hydrogen-bond acceptors (Lipinski definition) is 9. The van der Waals surface area contributed by atoms with E-state index in [9.17, 15) is 19.7 Å². The quantitative estimate of drug-likeness (QED) is 0.135. The fourth-order valence-electron chi connectivity index (χ4n) is 2.58. The second-order valence-corrected chi connectivity index (χ2v) is 7.31. The Labute approximate surface area is 201 Å².